The average molecular weight is 209 g/mol. The highest BCUT2D eigenvalue weighted by atomic mass is 15.2. The average Bonchev–Trinajstić information content (AvgIpc) is 2.66. The number of nitrogens with zero attached hydrogens (tertiary/aromatic N) is 2. The van der Waals surface area contributed by atoms with Crippen LogP contribution in [0.4, 0.5) is 0 Å². The molecule has 3 heteroatoms. The molecule has 1 aliphatic rings. The van der Waals surface area contributed by atoms with Crippen molar-refractivity contribution >= 4 is 0 Å². The molecule has 0 saturated carbocycles. The van der Waals surface area contributed by atoms with Crippen molar-refractivity contribution in [2.75, 3.05) is 26.2 Å². The molecule has 0 aromatic rings. The molecule has 1 heterocycles. The van der Waals surface area contributed by atoms with E-state index in [-0.39, 0.29) is 0 Å². The van der Waals surface area contributed by atoms with E-state index in [4.69, 9.17) is 5.26 Å². The van der Waals surface area contributed by atoms with Crippen LogP contribution in [0, 0.1) is 17.2 Å². The topological polar surface area (TPSA) is 39.1 Å². The highest BCUT2D eigenvalue weighted by molar-refractivity contribution is 4.80. The lowest BCUT2D eigenvalue weighted by molar-refractivity contribution is 0.228. The van der Waals surface area contributed by atoms with Gasteiger partial charge in [0.15, 0.2) is 0 Å². The van der Waals surface area contributed by atoms with E-state index in [1.165, 1.54) is 19.4 Å². The van der Waals surface area contributed by atoms with Gasteiger partial charge in [-0.15, -0.1) is 0 Å². The van der Waals surface area contributed by atoms with Crippen molar-refractivity contribution in [3.8, 4) is 6.07 Å². The molecule has 0 amide bonds. The van der Waals surface area contributed by atoms with Crippen LogP contribution in [-0.2, 0) is 0 Å². The first-order chi connectivity index (χ1) is 7.22. The Balaban J connectivity index is 2.30. The summed E-state index contributed by atoms with van der Waals surface area (Å²) >= 11 is 0. The number of nitrogens with one attached hydrogen (secondary N) is 1. The molecule has 1 atom stereocenters. The molecule has 1 aliphatic heterocycles. The lowest BCUT2D eigenvalue weighted by Crippen LogP contribution is -2.39. The summed E-state index contributed by atoms with van der Waals surface area (Å²) in [6, 6.07) is 2.89. The maximum atomic E-state index is 8.62. The first-order valence-corrected chi connectivity index (χ1v) is 6.05. The lowest BCUT2D eigenvalue weighted by Gasteiger charge is -2.26. The van der Waals surface area contributed by atoms with E-state index >= 15 is 0 Å². The molecule has 1 rings (SSSR count). The summed E-state index contributed by atoms with van der Waals surface area (Å²) in [5, 5.41) is 12.1. The van der Waals surface area contributed by atoms with Crippen LogP contribution in [0.2, 0.25) is 0 Å². The van der Waals surface area contributed by atoms with E-state index in [0.29, 0.717) is 18.4 Å². The molecule has 1 unspecified atom stereocenters. The fourth-order valence-corrected chi connectivity index (χ4v) is 2.21. The Morgan fingerprint density at radius 1 is 1.53 bits per heavy atom. The number of hydrogen-bond donors (Lipinski definition) is 1. The summed E-state index contributed by atoms with van der Waals surface area (Å²) in [7, 11) is 0. The van der Waals surface area contributed by atoms with Crippen molar-refractivity contribution in [1.29, 1.82) is 5.26 Å². The molecular weight excluding hydrogens is 186 g/mol. The second-order valence-electron chi connectivity index (χ2n) is 4.85. The second kappa shape index (κ2) is 6.81. The summed E-state index contributed by atoms with van der Waals surface area (Å²) < 4.78 is 0. The molecule has 0 aromatic carbocycles. The molecule has 3 nitrogen and oxygen atoms in total. The van der Waals surface area contributed by atoms with Gasteiger partial charge in [0.2, 0.25) is 0 Å². The fourth-order valence-electron chi connectivity index (χ4n) is 2.21. The van der Waals surface area contributed by atoms with Crippen molar-refractivity contribution < 1.29 is 0 Å². The van der Waals surface area contributed by atoms with Crippen LogP contribution in [0.15, 0.2) is 0 Å². The molecule has 0 aromatic heterocycles. The molecule has 1 saturated heterocycles. The first kappa shape index (κ1) is 12.5. The highest BCUT2D eigenvalue weighted by Crippen LogP contribution is 2.09. The number of nitriles is 1. The summed E-state index contributed by atoms with van der Waals surface area (Å²) in [6.07, 6.45) is 3.25. The molecule has 0 spiro atoms. The SMILES string of the molecule is CC(C)CN(CCC#N)CC1CCCN1. The maximum Gasteiger partial charge on any atom is 0.0635 e. The molecule has 1 fully saturated rings. The zero-order chi connectivity index (χ0) is 11.1. The van der Waals surface area contributed by atoms with E-state index < -0.39 is 0 Å². The van der Waals surface area contributed by atoms with Gasteiger partial charge >= 0.3 is 0 Å². The lowest BCUT2D eigenvalue weighted by atomic mass is 10.1. The third-order valence-corrected chi connectivity index (χ3v) is 2.80. The Hall–Kier alpha value is -0.590. The van der Waals surface area contributed by atoms with Crippen LogP contribution in [0.5, 0.6) is 0 Å². The minimum Gasteiger partial charge on any atom is -0.313 e. The fraction of sp³-hybridized carbons (Fsp3) is 0.917. The standard InChI is InChI=1S/C12H23N3/c1-11(2)9-15(8-4-6-13)10-12-5-3-7-14-12/h11-12,14H,3-5,7-10H2,1-2H3. The third-order valence-electron chi connectivity index (χ3n) is 2.80. The summed E-state index contributed by atoms with van der Waals surface area (Å²) in [5.41, 5.74) is 0. The van der Waals surface area contributed by atoms with Gasteiger partial charge in [0, 0.05) is 32.1 Å². The zero-order valence-corrected chi connectivity index (χ0v) is 10.00. The van der Waals surface area contributed by atoms with E-state index in [2.05, 4.69) is 30.1 Å². The van der Waals surface area contributed by atoms with Crippen molar-refractivity contribution in [3.05, 3.63) is 0 Å². The normalized spacial score (nSPS) is 21.1. The molecule has 15 heavy (non-hydrogen) atoms. The van der Waals surface area contributed by atoms with Gasteiger partial charge in [0.1, 0.15) is 0 Å². The Labute approximate surface area is 93.5 Å². The van der Waals surface area contributed by atoms with E-state index in [9.17, 15) is 0 Å². The van der Waals surface area contributed by atoms with Gasteiger partial charge in [-0.1, -0.05) is 13.8 Å². The van der Waals surface area contributed by atoms with Crippen molar-refractivity contribution in [3.63, 3.8) is 0 Å². The molecule has 1 N–H and O–H groups in total. The van der Waals surface area contributed by atoms with E-state index in [1.807, 2.05) is 0 Å². The predicted octanol–water partition coefficient (Wildman–Crippen LogP) is 1.61. The Morgan fingerprint density at radius 3 is 2.87 bits per heavy atom. The monoisotopic (exact) mass is 209 g/mol. The van der Waals surface area contributed by atoms with Crippen LogP contribution in [0.1, 0.15) is 33.1 Å². The minimum absolute atomic E-state index is 0.652. The smallest absolute Gasteiger partial charge is 0.0635 e. The predicted molar refractivity (Wildman–Crippen MR) is 62.5 cm³/mol. The second-order valence-corrected chi connectivity index (χ2v) is 4.85. The van der Waals surface area contributed by atoms with Crippen molar-refractivity contribution in [2.45, 2.75) is 39.2 Å². The number of rotatable bonds is 6. The van der Waals surface area contributed by atoms with Gasteiger partial charge in [-0.25, -0.2) is 0 Å². The Kier molecular flexibility index (Phi) is 5.67. The Morgan fingerprint density at radius 2 is 2.33 bits per heavy atom. The molecule has 0 bridgehead atoms. The zero-order valence-electron chi connectivity index (χ0n) is 10.00. The van der Waals surface area contributed by atoms with Gasteiger partial charge < -0.3 is 10.2 Å². The van der Waals surface area contributed by atoms with Gasteiger partial charge in [-0.3, -0.25) is 0 Å². The van der Waals surface area contributed by atoms with Gasteiger partial charge in [-0.05, 0) is 25.3 Å². The van der Waals surface area contributed by atoms with Crippen LogP contribution in [0.25, 0.3) is 0 Å². The minimum atomic E-state index is 0.652. The van der Waals surface area contributed by atoms with E-state index in [1.54, 1.807) is 0 Å². The molecule has 0 aliphatic carbocycles. The van der Waals surface area contributed by atoms with Crippen LogP contribution >= 0.6 is 0 Å². The highest BCUT2D eigenvalue weighted by Gasteiger charge is 2.17. The van der Waals surface area contributed by atoms with Crippen LogP contribution < -0.4 is 5.32 Å². The Bertz CT molecular complexity index is 201. The summed E-state index contributed by atoms with van der Waals surface area (Å²) in [4.78, 5) is 2.43. The largest absolute Gasteiger partial charge is 0.313 e. The quantitative estimate of drug-likeness (QED) is 0.722. The van der Waals surface area contributed by atoms with Crippen molar-refractivity contribution in [1.82, 2.24) is 10.2 Å². The van der Waals surface area contributed by atoms with Crippen molar-refractivity contribution in [2.24, 2.45) is 5.92 Å². The summed E-state index contributed by atoms with van der Waals surface area (Å²) in [5.74, 6) is 0.685. The third kappa shape index (κ3) is 5.15. The van der Waals surface area contributed by atoms with Crippen LogP contribution in [0.3, 0.4) is 0 Å². The molecule has 86 valence electrons. The summed E-state index contributed by atoms with van der Waals surface area (Å²) in [6.45, 7) is 8.79. The van der Waals surface area contributed by atoms with Crippen LogP contribution in [-0.4, -0.2) is 37.1 Å². The van der Waals surface area contributed by atoms with Gasteiger partial charge in [0.25, 0.3) is 0 Å². The molecular formula is C12H23N3. The van der Waals surface area contributed by atoms with Gasteiger partial charge in [0.05, 0.1) is 6.07 Å². The molecule has 0 radical (unpaired) electrons. The van der Waals surface area contributed by atoms with E-state index in [0.717, 1.165) is 19.6 Å². The maximum absolute atomic E-state index is 8.62. The first-order valence-electron chi connectivity index (χ1n) is 6.05. The number of hydrogen-bond acceptors (Lipinski definition) is 3. The van der Waals surface area contributed by atoms with Gasteiger partial charge in [-0.2, -0.15) is 5.26 Å².